The van der Waals surface area contributed by atoms with Crippen LogP contribution >= 0.6 is 0 Å². The van der Waals surface area contributed by atoms with Crippen LogP contribution in [0.1, 0.15) is 26.2 Å². The Morgan fingerprint density at radius 3 is 2.29 bits per heavy atom. The molecule has 0 unspecified atom stereocenters. The average molecular weight is 133 g/mol. The van der Waals surface area contributed by atoms with Crippen LogP contribution in [0.15, 0.2) is 0 Å². The number of rotatable bonds is 3. The van der Waals surface area contributed by atoms with Crippen molar-refractivity contribution in [3.63, 3.8) is 0 Å². The molecular formula is C5H9OTi-. The molecule has 0 aliphatic rings. The monoisotopic (exact) mass is 133 g/mol. The summed E-state index contributed by atoms with van der Waals surface area (Å²) in [7, 11) is 0. The molecular weight excluding hydrogens is 124 g/mol. The third-order valence-electron chi connectivity index (χ3n) is 0.632. The molecule has 0 aromatic heterocycles. The molecule has 0 rings (SSSR count). The summed E-state index contributed by atoms with van der Waals surface area (Å²) in [6.07, 6.45) is 4.51. The molecule has 0 amide bonds. The van der Waals surface area contributed by atoms with E-state index in [2.05, 4.69) is 6.92 Å². The van der Waals surface area contributed by atoms with Crippen molar-refractivity contribution in [2.75, 3.05) is 0 Å². The zero-order chi connectivity index (χ0) is 4.83. The van der Waals surface area contributed by atoms with Gasteiger partial charge in [-0.25, -0.2) is 0 Å². The number of hydrogen-bond acceptors (Lipinski definition) is 1. The van der Waals surface area contributed by atoms with Crippen LogP contribution < -0.4 is 0 Å². The van der Waals surface area contributed by atoms with Crippen LogP contribution in [0.4, 0.5) is 0 Å². The molecule has 40 valence electrons. The van der Waals surface area contributed by atoms with E-state index < -0.39 is 0 Å². The summed E-state index contributed by atoms with van der Waals surface area (Å²) < 4.78 is 0. The van der Waals surface area contributed by atoms with Crippen molar-refractivity contribution in [1.82, 2.24) is 0 Å². The summed E-state index contributed by atoms with van der Waals surface area (Å²) in [6.45, 7) is 2.05. The van der Waals surface area contributed by atoms with Gasteiger partial charge in [0.05, 0.1) is 0 Å². The Hall–Kier alpha value is 0.384. The van der Waals surface area contributed by atoms with Crippen molar-refractivity contribution in [3.05, 3.63) is 0 Å². The Morgan fingerprint density at radius 2 is 2.14 bits per heavy atom. The first kappa shape index (κ1) is 10.4. The molecule has 2 heteroatoms. The molecule has 0 atom stereocenters. The summed E-state index contributed by atoms with van der Waals surface area (Å²) >= 11 is 0. The van der Waals surface area contributed by atoms with Gasteiger partial charge in [0.1, 0.15) is 0 Å². The maximum atomic E-state index is 9.44. The molecule has 0 saturated heterocycles. The van der Waals surface area contributed by atoms with Crippen LogP contribution in [-0.4, -0.2) is 6.29 Å². The molecule has 7 heavy (non-hydrogen) atoms. The van der Waals surface area contributed by atoms with E-state index in [-0.39, 0.29) is 21.7 Å². The maximum absolute atomic E-state index is 9.44. The molecule has 0 N–H and O–H groups in total. The van der Waals surface area contributed by atoms with E-state index in [0.29, 0.717) is 6.42 Å². The number of carbonyl (C=O) groups excluding carboxylic acids is 1. The van der Waals surface area contributed by atoms with Gasteiger partial charge in [-0.1, -0.05) is 19.8 Å². The molecule has 0 aliphatic carbocycles. The van der Waals surface area contributed by atoms with E-state index in [0.717, 1.165) is 12.8 Å². The molecule has 0 aromatic rings. The Kier molecular flexibility index (Phi) is 14.3. The van der Waals surface area contributed by atoms with Crippen molar-refractivity contribution >= 4 is 6.29 Å². The van der Waals surface area contributed by atoms with E-state index in [1.54, 1.807) is 0 Å². The van der Waals surface area contributed by atoms with Gasteiger partial charge >= 0.3 is 0 Å². The normalized spacial score (nSPS) is 7.00. The topological polar surface area (TPSA) is 17.1 Å². The molecule has 1 nitrogen and oxygen atoms in total. The Labute approximate surface area is 59.4 Å². The number of hydrogen-bond donors (Lipinski definition) is 0. The van der Waals surface area contributed by atoms with E-state index in [9.17, 15) is 4.79 Å². The predicted octanol–water partition coefficient (Wildman–Crippen LogP) is 1.28. The van der Waals surface area contributed by atoms with Crippen molar-refractivity contribution < 1.29 is 26.5 Å². The zero-order valence-corrected chi connectivity index (χ0v) is 6.09. The van der Waals surface area contributed by atoms with Gasteiger partial charge in [-0.15, -0.1) is 0 Å². The van der Waals surface area contributed by atoms with Crippen molar-refractivity contribution in [1.29, 1.82) is 0 Å². The first-order valence-corrected chi connectivity index (χ1v) is 2.26. The molecule has 0 spiro atoms. The standard InChI is InChI=1S/C5H9O.Ti/c1-2-3-4-5-6;/h2-4H2,1H3;/q-1;. The fourth-order valence-electron chi connectivity index (χ4n) is 0.249. The molecule has 0 aromatic carbocycles. The molecule has 0 bridgehead atoms. The molecule has 0 saturated carbocycles. The van der Waals surface area contributed by atoms with Crippen LogP contribution in [0.5, 0.6) is 0 Å². The minimum atomic E-state index is 0. The molecule has 0 heterocycles. The van der Waals surface area contributed by atoms with Gasteiger partial charge in [-0.2, -0.15) is 6.42 Å². The average Bonchev–Trinajstić information content (AvgIpc) is 1.61. The van der Waals surface area contributed by atoms with E-state index >= 15 is 0 Å². The minimum absolute atomic E-state index is 0. The Morgan fingerprint density at radius 1 is 1.57 bits per heavy atom. The summed E-state index contributed by atoms with van der Waals surface area (Å²) in [5.74, 6) is 0. The maximum Gasteiger partial charge on any atom is 0 e. The smallest absolute Gasteiger partial charge is 0 e. The van der Waals surface area contributed by atoms with Crippen molar-refractivity contribution in [3.8, 4) is 0 Å². The summed E-state index contributed by atoms with van der Waals surface area (Å²) in [6, 6.07) is 0. The second kappa shape index (κ2) is 9.63. The van der Waals surface area contributed by atoms with Gasteiger partial charge in [0.25, 0.3) is 0 Å². The van der Waals surface area contributed by atoms with Crippen molar-refractivity contribution in [2.45, 2.75) is 26.2 Å². The third-order valence-corrected chi connectivity index (χ3v) is 0.632. The third kappa shape index (κ3) is 10.7. The van der Waals surface area contributed by atoms with Crippen LogP contribution in [0.2, 0.25) is 0 Å². The van der Waals surface area contributed by atoms with E-state index in [1.165, 1.54) is 0 Å². The van der Waals surface area contributed by atoms with E-state index in [1.807, 2.05) is 6.29 Å². The predicted molar refractivity (Wildman–Crippen MR) is 25.2 cm³/mol. The first-order valence-electron chi connectivity index (χ1n) is 2.26. The minimum Gasteiger partial charge on any atom is -0.542 e. The molecule has 0 aliphatic heterocycles. The van der Waals surface area contributed by atoms with Gasteiger partial charge in [0, 0.05) is 21.7 Å². The van der Waals surface area contributed by atoms with Crippen molar-refractivity contribution in [2.24, 2.45) is 0 Å². The first-order chi connectivity index (χ1) is 2.91. The second-order valence-electron chi connectivity index (χ2n) is 1.25. The van der Waals surface area contributed by atoms with Gasteiger partial charge in [-0.05, 0) is 0 Å². The SMILES string of the molecule is CCCC[C-]=O.[Ti]. The molecule has 0 fully saturated rings. The quantitative estimate of drug-likeness (QED) is 0.322. The van der Waals surface area contributed by atoms with Gasteiger partial charge in [0.2, 0.25) is 0 Å². The summed E-state index contributed by atoms with van der Waals surface area (Å²) in [5, 5.41) is 0. The Balaban J connectivity index is 0. The van der Waals surface area contributed by atoms with Gasteiger partial charge in [0.15, 0.2) is 0 Å². The molecule has 0 radical (unpaired) electrons. The fourth-order valence-corrected chi connectivity index (χ4v) is 0.249. The Bertz CT molecular complexity index is 37.1. The van der Waals surface area contributed by atoms with Crippen LogP contribution in [0.3, 0.4) is 0 Å². The van der Waals surface area contributed by atoms with Crippen LogP contribution in [0.25, 0.3) is 0 Å². The van der Waals surface area contributed by atoms with Crippen LogP contribution in [0, 0.1) is 0 Å². The van der Waals surface area contributed by atoms with Gasteiger partial charge < -0.3 is 4.79 Å². The second-order valence-corrected chi connectivity index (χ2v) is 1.25. The fraction of sp³-hybridized carbons (Fsp3) is 0.800. The van der Waals surface area contributed by atoms with Crippen LogP contribution in [-0.2, 0) is 26.5 Å². The van der Waals surface area contributed by atoms with E-state index in [4.69, 9.17) is 0 Å². The number of unbranched alkanes of at least 4 members (excludes halogenated alkanes) is 2. The largest absolute Gasteiger partial charge is 0.542 e. The van der Waals surface area contributed by atoms with Gasteiger partial charge in [-0.3, -0.25) is 6.29 Å². The zero-order valence-electron chi connectivity index (χ0n) is 4.53. The summed E-state index contributed by atoms with van der Waals surface area (Å²) in [4.78, 5) is 9.44. The summed E-state index contributed by atoms with van der Waals surface area (Å²) in [5.41, 5.74) is 0.